The number of carbonyl (C=O) groups excluding carboxylic acids is 1. The minimum absolute atomic E-state index is 0.0373. The third-order valence-electron chi connectivity index (χ3n) is 5.40. The average Bonchev–Trinajstić information content (AvgIpc) is 2.65. The predicted octanol–water partition coefficient (Wildman–Crippen LogP) is 1.96. The number of aromatic nitrogens is 1. The summed E-state index contributed by atoms with van der Waals surface area (Å²) in [4.78, 5) is 32.8. The number of hydrogen-bond acceptors (Lipinski definition) is 4. The van der Waals surface area contributed by atoms with Gasteiger partial charge in [-0.05, 0) is 37.3 Å². The SMILES string of the molecule is O=C(O)CN1CCN(C(=O)c2c3c(nc4ccccc24)CCCC3)CC1. The Labute approximate surface area is 152 Å². The lowest BCUT2D eigenvalue weighted by atomic mass is 9.89. The third kappa shape index (κ3) is 3.17. The molecular formula is C20H23N3O3. The predicted molar refractivity (Wildman–Crippen MR) is 98.4 cm³/mol. The van der Waals surface area contributed by atoms with Crippen LogP contribution >= 0.6 is 0 Å². The highest BCUT2D eigenvalue weighted by molar-refractivity contribution is 6.07. The number of carboxylic acid groups (broad SMARTS) is 1. The monoisotopic (exact) mass is 353 g/mol. The van der Waals surface area contributed by atoms with E-state index >= 15 is 0 Å². The number of benzene rings is 1. The van der Waals surface area contributed by atoms with Gasteiger partial charge in [0.2, 0.25) is 0 Å². The second kappa shape index (κ2) is 7.03. The summed E-state index contributed by atoms with van der Waals surface area (Å²) in [6.07, 6.45) is 4.07. The average molecular weight is 353 g/mol. The maximum Gasteiger partial charge on any atom is 0.317 e. The van der Waals surface area contributed by atoms with Gasteiger partial charge in [0.25, 0.3) is 5.91 Å². The van der Waals surface area contributed by atoms with Crippen LogP contribution in [0.5, 0.6) is 0 Å². The Bertz CT molecular complexity index is 857. The molecule has 2 heterocycles. The molecule has 4 rings (SSSR count). The van der Waals surface area contributed by atoms with Crippen molar-refractivity contribution in [3.05, 3.63) is 41.1 Å². The molecule has 6 nitrogen and oxygen atoms in total. The van der Waals surface area contributed by atoms with Gasteiger partial charge in [-0.2, -0.15) is 0 Å². The zero-order valence-corrected chi connectivity index (χ0v) is 14.8. The van der Waals surface area contributed by atoms with Crippen molar-refractivity contribution in [1.82, 2.24) is 14.8 Å². The summed E-state index contributed by atoms with van der Waals surface area (Å²) in [5, 5.41) is 9.88. The highest BCUT2D eigenvalue weighted by atomic mass is 16.4. The standard InChI is InChI=1S/C20H23N3O3/c24-18(25)13-22-9-11-23(12-10-22)20(26)19-14-5-1-3-7-16(14)21-17-8-4-2-6-15(17)19/h1,3,5,7H,2,4,6,8-13H2,(H,24,25). The van der Waals surface area contributed by atoms with E-state index in [1.807, 2.05) is 34.1 Å². The Balaban J connectivity index is 1.66. The molecule has 0 bridgehead atoms. The Kier molecular flexibility index (Phi) is 4.59. The fourth-order valence-electron chi connectivity index (χ4n) is 4.08. The van der Waals surface area contributed by atoms with Gasteiger partial charge in [0.15, 0.2) is 0 Å². The zero-order valence-electron chi connectivity index (χ0n) is 14.8. The van der Waals surface area contributed by atoms with Crippen molar-refractivity contribution in [3.8, 4) is 0 Å². The molecule has 136 valence electrons. The van der Waals surface area contributed by atoms with Gasteiger partial charge >= 0.3 is 5.97 Å². The van der Waals surface area contributed by atoms with Gasteiger partial charge in [-0.25, -0.2) is 0 Å². The van der Waals surface area contributed by atoms with Crippen LogP contribution in [-0.4, -0.2) is 64.5 Å². The molecule has 0 atom stereocenters. The van der Waals surface area contributed by atoms with E-state index in [0.29, 0.717) is 26.2 Å². The normalized spacial score (nSPS) is 17.9. The summed E-state index contributed by atoms with van der Waals surface area (Å²) in [5.41, 5.74) is 3.90. The van der Waals surface area contributed by atoms with Crippen molar-refractivity contribution >= 4 is 22.8 Å². The summed E-state index contributed by atoms with van der Waals surface area (Å²) < 4.78 is 0. The number of carboxylic acids is 1. The van der Waals surface area contributed by atoms with Crippen LogP contribution in [0.25, 0.3) is 10.9 Å². The molecule has 1 saturated heterocycles. The van der Waals surface area contributed by atoms with E-state index in [2.05, 4.69) is 0 Å². The molecule has 1 aliphatic heterocycles. The number of amides is 1. The van der Waals surface area contributed by atoms with Crippen molar-refractivity contribution < 1.29 is 14.7 Å². The van der Waals surface area contributed by atoms with Crippen LogP contribution in [0, 0.1) is 0 Å². The van der Waals surface area contributed by atoms with Crippen molar-refractivity contribution in [3.63, 3.8) is 0 Å². The Morgan fingerprint density at radius 1 is 1.04 bits per heavy atom. The molecule has 2 aliphatic rings. The van der Waals surface area contributed by atoms with Gasteiger partial charge in [-0.1, -0.05) is 18.2 Å². The number of hydrogen-bond donors (Lipinski definition) is 1. The fraction of sp³-hybridized carbons (Fsp3) is 0.450. The van der Waals surface area contributed by atoms with Gasteiger partial charge in [-0.15, -0.1) is 0 Å². The van der Waals surface area contributed by atoms with Gasteiger partial charge in [0.1, 0.15) is 0 Å². The Hall–Kier alpha value is -2.47. The van der Waals surface area contributed by atoms with E-state index < -0.39 is 5.97 Å². The van der Waals surface area contributed by atoms with E-state index in [1.54, 1.807) is 0 Å². The molecule has 26 heavy (non-hydrogen) atoms. The first-order valence-corrected chi connectivity index (χ1v) is 9.27. The topological polar surface area (TPSA) is 73.7 Å². The summed E-state index contributed by atoms with van der Waals surface area (Å²) >= 11 is 0. The second-order valence-electron chi connectivity index (χ2n) is 7.10. The van der Waals surface area contributed by atoms with Gasteiger partial charge in [-0.3, -0.25) is 19.5 Å². The first-order valence-electron chi connectivity index (χ1n) is 9.27. The molecule has 1 N–H and O–H groups in total. The van der Waals surface area contributed by atoms with Crippen LogP contribution in [0.3, 0.4) is 0 Å². The molecule has 6 heteroatoms. The Morgan fingerprint density at radius 3 is 2.54 bits per heavy atom. The zero-order chi connectivity index (χ0) is 18.1. The number of aliphatic carboxylic acids is 1. The van der Waals surface area contributed by atoms with E-state index in [0.717, 1.165) is 53.4 Å². The number of fused-ring (bicyclic) bond motifs is 2. The van der Waals surface area contributed by atoms with Crippen LogP contribution in [0.2, 0.25) is 0 Å². The van der Waals surface area contributed by atoms with Gasteiger partial charge < -0.3 is 10.0 Å². The largest absolute Gasteiger partial charge is 0.480 e. The molecule has 1 aromatic carbocycles. The maximum absolute atomic E-state index is 13.4. The summed E-state index contributed by atoms with van der Waals surface area (Å²) in [6.45, 7) is 2.37. The van der Waals surface area contributed by atoms with Crippen LogP contribution in [0.15, 0.2) is 24.3 Å². The molecule has 1 aliphatic carbocycles. The number of para-hydroxylation sites is 1. The maximum atomic E-state index is 13.4. The first kappa shape index (κ1) is 17.0. The van der Waals surface area contributed by atoms with Crippen molar-refractivity contribution in [2.45, 2.75) is 25.7 Å². The lowest BCUT2D eigenvalue weighted by molar-refractivity contribution is -0.138. The summed E-state index contributed by atoms with van der Waals surface area (Å²) in [7, 11) is 0. The third-order valence-corrected chi connectivity index (χ3v) is 5.40. The quantitative estimate of drug-likeness (QED) is 0.913. The second-order valence-corrected chi connectivity index (χ2v) is 7.10. The smallest absolute Gasteiger partial charge is 0.317 e. The highest BCUT2D eigenvalue weighted by Gasteiger charge is 2.28. The number of pyridine rings is 1. The molecule has 0 radical (unpaired) electrons. The lowest BCUT2D eigenvalue weighted by Gasteiger charge is -2.34. The first-order chi connectivity index (χ1) is 12.6. The van der Waals surface area contributed by atoms with Crippen LogP contribution in [0.1, 0.15) is 34.5 Å². The molecule has 0 spiro atoms. The molecule has 1 aromatic heterocycles. The summed E-state index contributed by atoms with van der Waals surface area (Å²) in [5.74, 6) is -0.754. The number of nitrogens with zero attached hydrogens (tertiary/aromatic N) is 3. The van der Waals surface area contributed by atoms with Gasteiger partial charge in [0.05, 0.1) is 17.6 Å². The van der Waals surface area contributed by atoms with E-state index in [4.69, 9.17) is 10.1 Å². The molecule has 1 amide bonds. The Morgan fingerprint density at radius 2 is 1.77 bits per heavy atom. The van der Waals surface area contributed by atoms with Crippen LogP contribution in [0.4, 0.5) is 0 Å². The molecular weight excluding hydrogens is 330 g/mol. The van der Waals surface area contributed by atoms with Crippen molar-refractivity contribution in [2.24, 2.45) is 0 Å². The van der Waals surface area contributed by atoms with E-state index in [9.17, 15) is 9.59 Å². The highest BCUT2D eigenvalue weighted by Crippen LogP contribution is 2.30. The number of piperazine rings is 1. The van der Waals surface area contributed by atoms with Crippen LogP contribution < -0.4 is 0 Å². The fourth-order valence-corrected chi connectivity index (χ4v) is 4.08. The molecule has 0 saturated carbocycles. The molecule has 0 unspecified atom stereocenters. The molecule has 1 fully saturated rings. The van der Waals surface area contributed by atoms with Crippen LogP contribution in [-0.2, 0) is 17.6 Å². The number of rotatable bonds is 3. The van der Waals surface area contributed by atoms with Crippen molar-refractivity contribution in [1.29, 1.82) is 0 Å². The van der Waals surface area contributed by atoms with Crippen molar-refractivity contribution in [2.75, 3.05) is 32.7 Å². The van der Waals surface area contributed by atoms with Gasteiger partial charge in [0, 0.05) is 37.3 Å². The summed E-state index contributed by atoms with van der Waals surface area (Å²) in [6, 6.07) is 7.89. The minimum atomic E-state index is -0.820. The van der Waals surface area contributed by atoms with E-state index in [-0.39, 0.29) is 12.5 Å². The minimum Gasteiger partial charge on any atom is -0.480 e. The number of aryl methyl sites for hydroxylation is 1. The number of carbonyl (C=O) groups is 2. The lowest BCUT2D eigenvalue weighted by Crippen LogP contribution is -2.50. The molecule has 2 aromatic rings. The van der Waals surface area contributed by atoms with E-state index in [1.165, 1.54) is 0 Å².